The SMILES string of the molecule is CCC1CN(CCC(O)c2cccc(Cl)c2Cl)CCS1. The summed E-state index contributed by atoms with van der Waals surface area (Å²) >= 11 is 14.2. The molecular formula is C15H21Cl2NOS. The molecule has 112 valence electrons. The van der Waals surface area contributed by atoms with E-state index in [2.05, 4.69) is 23.6 Å². The maximum atomic E-state index is 10.3. The number of aliphatic hydroxyl groups excluding tert-OH is 1. The Hall–Kier alpha value is 0.0700. The van der Waals surface area contributed by atoms with E-state index in [4.69, 9.17) is 23.2 Å². The average molecular weight is 334 g/mol. The number of hydrogen-bond donors (Lipinski definition) is 1. The van der Waals surface area contributed by atoms with Gasteiger partial charge in [-0.15, -0.1) is 0 Å². The highest BCUT2D eigenvalue weighted by Gasteiger charge is 2.20. The maximum absolute atomic E-state index is 10.3. The second-order valence-electron chi connectivity index (χ2n) is 5.15. The van der Waals surface area contributed by atoms with Crippen molar-refractivity contribution in [3.05, 3.63) is 33.8 Å². The van der Waals surface area contributed by atoms with E-state index in [-0.39, 0.29) is 0 Å². The third-order valence-corrected chi connectivity index (χ3v) is 5.94. The molecule has 1 aromatic carbocycles. The second kappa shape index (κ2) is 7.90. The number of aliphatic hydroxyl groups is 1. The molecule has 1 N–H and O–H groups in total. The molecule has 0 aliphatic carbocycles. The molecule has 1 aromatic rings. The zero-order valence-corrected chi connectivity index (χ0v) is 14.0. The molecule has 1 heterocycles. The number of thioether (sulfide) groups is 1. The van der Waals surface area contributed by atoms with Crippen molar-refractivity contribution in [2.24, 2.45) is 0 Å². The van der Waals surface area contributed by atoms with Gasteiger partial charge in [0.25, 0.3) is 0 Å². The van der Waals surface area contributed by atoms with Crippen LogP contribution in [0.25, 0.3) is 0 Å². The van der Waals surface area contributed by atoms with Gasteiger partial charge in [0.1, 0.15) is 0 Å². The minimum atomic E-state index is -0.546. The molecule has 0 aromatic heterocycles. The predicted octanol–water partition coefficient (Wildman–Crippen LogP) is 4.24. The number of halogens is 2. The van der Waals surface area contributed by atoms with Crippen LogP contribution in [0.5, 0.6) is 0 Å². The van der Waals surface area contributed by atoms with Gasteiger partial charge in [-0.3, -0.25) is 0 Å². The minimum absolute atomic E-state index is 0.474. The molecule has 20 heavy (non-hydrogen) atoms. The summed E-state index contributed by atoms with van der Waals surface area (Å²) in [6.45, 7) is 5.37. The van der Waals surface area contributed by atoms with Gasteiger partial charge in [0.15, 0.2) is 0 Å². The summed E-state index contributed by atoms with van der Waals surface area (Å²) in [4.78, 5) is 2.44. The van der Waals surface area contributed by atoms with Gasteiger partial charge in [-0.25, -0.2) is 0 Å². The fourth-order valence-electron chi connectivity index (χ4n) is 2.47. The van der Waals surface area contributed by atoms with Gasteiger partial charge in [0.2, 0.25) is 0 Å². The second-order valence-corrected chi connectivity index (χ2v) is 7.34. The summed E-state index contributed by atoms with van der Waals surface area (Å²) in [7, 11) is 0. The minimum Gasteiger partial charge on any atom is -0.388 e. The monoisotopic (exact) mass is 333 g/mol. The Morgan fingerprint density at radius 3 is 3.00 bits per heavy atom. The zero-order valence-electron chi connectivity index (χ0n) is 11.7. The fraction of sp³-hybridized carbons (Fsp3) is 0.600. The first-order valence-electron chi connectivity index (χ1n) is 7.07. The summed E-state index contributed by atoms with van der Waals surface area (Å²) < 4.78 is 0. The van der Waals surface area contributed by atoms with Crippen LogP contribution < -0.4 is 0 Å². The first kappa shape index (κ1) is 16.4. The molecule has 0 amide bonds. The summed E-state index contributed by atoms with van der Waals surface area (Å²) in [6, 6.07) is 5.42. The van der Waals surface area contributed by atoms with Gasteiger partial charge in [0, 0.05) is 36.2 Å². The summed E-state index contributed by atoms with van der Waals surface area (Å²) in [5.41, 5.74) is 0.734. The molecule has 0 radical (unpaired) electrons. The first-order chi connectivity index (χ1) is 9.61. The molecule has 2 unspecified atom stereocenters. The Kier molecular flexibility index (Phi) is 6.50. The van der Waals surface area contributed by atoms with Crippen LogP contribution in [0.3, 0.4) is 0 Å². The van der Waals surface area contributed by atoms with Crippen LogP contribution >= 0.6 is 35.0 Å². The Morgan fingerprint density at radius 1 is 1.45 bits per heavy atom. The summed E-state index contributed by atoms with van der Waals surface area (Å²) in [5, 5.41) is 12.0. The van der Waals surface area contributed by atoms with Crippen LogP contribution in [0.1, 0.15) is 31.4 Å². The highest BCUT2D eigenvalue weighted by molar-refractivity contribution is 8.00. The molecule has 2 atom stereocenters. The van der Waals surface area contributed by atoms with E-state index < -0.39 is 6.10 Å². The van der Waals surface area contributed by atoms with E-state index in [0.717, 1.165) is 30.4 Å². The van der Waals surface area contributed by atoms with E-state index in [9.17, 15) is 5.11 Å². The number of hydrogen-bond acceptors (Lipinski definition) is 3. The highest BCUT2D eigenvalue weighted by Crippen LogP contribution is 2.31. The molecule has 1 saturated heterocycles. The number of rotatable bonds is 5. The Labute approximate surface area is 135 Å². The van der Waals surface area contributed by atoms with Crippen molar-refractivity contribution in [1.29, 1.82) is 0 Å². The van der Waals surface area contributed by atoms with Crippen molar-refractivity contribution in [3.63, 3.8) is 0 Å². The van der Waals surface area contributed by atoms with Gasteiger partial charge in [-0.1, -0.05) is 42.3 Å². The van der Waals surface area contributed by atoms with Crippen LogP contribution in [0.15, 0.2) is 18.2 Å². The molecule has 0 saturated carbocycles. The molecule has 0 bridgehead atoms. The Balaban J connectivity index is 1.88. The smallest absolute Gasteiger partial charge is 0.0817 e. The standard InChI is InChI=1S/C15H21Cl2NOS/c1-2-11-10-18(8-9-20-11)7-6-14(19)12-4-3-5-13(16)15(12)17/h3-5,11,14,19H,2,6-10H2,1H3. The summed E-state index contributed by atoms with van der Waals surface area (Å²) in [6.07, 6.45) is 1.36. The van der Waals surface area contributed by atoms with Crippen molar-refractivity contribution in [2.75, 3.05) is 25.4 Å². The molecule has 1 aliphatic rings. The Morgan fingerprint density at radius 2 is 2.25 bits per heavy atom. The lowest BCUT2D eigenvalue weighted by molar-refractivity contribution is 0.143. The first-order valence-corrected chi connectivity index (χ1v) is 8.88. The number of benzene rings is 1. The van der Waals surface area contributed by atoms with Crippen LogP contribution in [-0.4, -0.2) is 40.6 Å². The largest absolute Gasteiger partial charge is 0.388 e. The Bertz CT molecular complexity index is 444. The van der Waals surface area contributed by atoms with Gasteiger partial charge in [0.05, 0.1) is 16.1 Å². The third-order valence-electron chi connectivity index (χ3n) is 3.74. The molecule has 1 fully saturated rings. The van der Waals surface area contributed by atoms with Gasteiger partial charge in [-0.2, -0.15) is 11.8 Å². The van der Waals surface area contributed by atoms with E-state index in [0.29, 0.717) is 16.5 Å². The van der Waals surface area contributed by atoms with Crippen molar-refractivity contribution >= 4 is 35.0 Å². The quantitative estimate of drug-likeness (QED) is 0.871. The fourth-order valence-corrected chi connectivity index (χ4v) is 4.15. The molecule has 0 spiro atoms. The van der Waals surface area contributed by atoms with E-state index in [1.807, 2.05) is 12.1 Å². The van der Waals surface area contributed by atoms with Crippen LogP contribution in [-0.2, 0) is 0 Å². The predicted molar refractivity (Wildman–Crippen MR) is 89.0 cm³/mol. The lowest BCUT2D eigenvalue weighted by atomic mass is 10.1. The van der Waals surface area contributed by atoms with Crippen molar-refractivity contribution in [3.8, 4) is 0 Å². The average Bonchev–Trinajstić information content (AvgIpc) is 2.48. The van der Waals surface area contributed by atoms with Crippen LogP contribution in [0.4, 0.5) is 0 Å². The third kappa shape index (κ3) is 4.28. The molecule has 2 rings (SSSR count). The van der Waals surface area contributed by atoms with Crippen molar-refractivity contribution in [1.82, 2.24) is 4.90 Å². The topological polar surface area (TPSA) is 23.5 Å². The molecular weight excluding hydrogens is 313 g/mol. The lowest BCUT2D eigenvalue weighted by Gasteiger charge is -2.32. The van der Waals surface area contributed by atoms with Crippen LogP contribution in [0.2, 0.25) is 10.0 Å². The summed E-state index contributed by atoms with van der Waals surface area (Å²) in [5.74, 6) is 1.19. The lowest BCUT2D eigenvalue weighted by Crippen LogP contribution is -2.38. The zero-order chi connectivity index (χ0) is 14.5. The van der Waals surface area contributed by atoms with Gasteiger partial charge >= 0.3 is 0 Å². The highest BCUT2D eigenvalue weighted by atomic mass is 35.5. The van der Waals surface area contributed by atoms with Crippen molar-refractivity contribution in [2.45, 2.75) is 31.1 Å². The normalized spacial score (nSPS) is 21.9. The van der Waals surface area contributed by atoms with E-state index in [1.54, 1.807) is 6.07 Å². The van der Waals surface area contributed by atoms with E-state index in [1.165, 1.54) is 12.2 Å². The van der Waals surface area contributed by atoms with E-state index >= 15 is 0 Å². The molecule has 1 aliphatic heterocycles. The van der Waals surface area contributed by atoms with Gasteiger partial charge in [-0.05, 0) is 18.9 Å². The van der Waals surface area contributed by atoms with Crippen molar-refractivity contribution < 1.29 is 5.11 Å². The number of nitrogens with zero attached hydrogens (tertiary/aromatic N) is 1. The maximum Gasteiger partial charge on any atom is 0.0817 e. The molecule has 5 heteroatoms. The van der Waals surface area contributed by atoms with Crippen LogP contribution in [0, 0.1) is 0 Å². The molecule has 2 nitrogen and oxygen atoms in total. The van der Waals surface area contributed by atoms with Gasteiger partial charge < -0.3 is 10.0 Å².